The molecule has 0 radical (unpaired) electrons. The molecule has 1 aliphatic rings. The van der Waals surface area contributed by atoms with E-state index < -0.39 is 12.0 Å². The number of aromatic nitrogens is 2. The summed E-state index contributed by atoms with van der Waals surface area (Å²) < 4.78 is 26.2. The van der Waals surface area contributed by atoms with E-state index in [4.69, 9.17) is 23.2 Å². The molecule has 2 aromatic heterocycles. The van der Waals surface area contributed by atoms with Crippen molar-refractivity contribution in [3.05, 3.63) is 48.2 Å². The number of methoxy groups -OCH3 is 2. The van der Waals surface area contributed by atoms with Crippen LogP contribution in [0.5, 0.6) is 11.5 Å². The Bertz CT molecular complexity index is 1060. The summed E-state index contributed by atoms with van der Waals surface area (Å²) >= 11 is 0. The van der Waals surface area contributed by atoms with Crippen molar-refractivity contribution in [1.29, 1.82) is 0 Å². The summed E-state index contributed by atoms with van der Waals surface area (Å²) in [5, 5.41) is 3.93. The van der Waals surface area contributed by atoms with Crippen LogP contribution >= 0.6 is 0 Å². The fourth-order valence-electron chi connectivity index (χ4n) is 3.43. The minimum atomic E-state index is -0.679. The highest BCUT2D eigenvalue weighted by Gasteiger charge is 2.36. The first-order valence-electron chi connectivity index (χ1n) is 9.67. The number of esters is 1. The first kappa shape index (κ1) is 20.5. The quantitative estimate of drug-likeness (QED) is 0.525. The van der Waals surface area contributed by atoms with E-state index in [1.807, 2.05) is 0 Å². The highest BCUT2D eigenvalue weighted by atomic mass is 16.6. The second-order valence-corrected chi connectivity index (χ2v) is 6.82. The lowest BCUT2D eigenvalue weighted by Gasteiger charge is -2.21. The number of hydrogen-bond donors (Lipinski definition) is 0. The van der Waals surface area contributed by atoms with Crippen LogP contribution in [0.15, 0.2) is 45.5 Å². The van der Waals surface area contributed by atoms with Crippen molar-refractivity contribution in [2.45, 2.75) is 25.5 Å². The number of carbonyl (C=O) groups excluding carboxylic acids is 2. The van der Waals surface area contributed by atoms with E-state index in [2.05, 4.69) is 10.1 Å². The smallest absolute Gasteiger partial charge is 0.329 e. The normalized spacial score (nSPS) is 15.7. The van der Waals surface area contributed by atoms with Crippen LogP contribution in [0, 0.1) is 0 Å². The van der Waals surface area contributed by atoms with Crippen LogP contribution in [0.4, 0.5) is 0 Å². The number of amides is 1. The Morgan fingerprint density at radius 3 is 2.84 bits per heavy atom. The molecule has 3 aromatic rings. The molecule has 0 saturated carbocycles. The third-order valence-corrected chi connectivity index (χ3v) is 4.97. The maximum Gasteiger partial charge on any atom is 0.329 e. The minimum Gasteiger partial charge on any atom is -0.497 e. The van der Waals surface area contributed by atoms with Crippen molar-refractivity contribution in [3.8, 4) is 22.9 Å². The summed E-state index contributed by atoms with van der Waals surface area (Å²) in [7, 11) is 3.08. The van der Waals surface area contributed by atoms with Gasteiger partial charge in [0.1, 0.15) is 17.5 Å². The molecule has 1 amide bonds. The van der Waals surface area contributed by atoms with Crippen molar-refractivity contribution < 1.29 is 32.7 Å². The average molecular weight is 427 g/mol. The Hall–Kier alpha value is -3.82. The number of furan rings is 1. The van der Waals surface area contributed by atoms with Crippen LogP contribution < -0.4 is 9.47 Å². The molecule has 1 aromatic carbocycles. The van der Waals surface area contributed by atoms with Gasteiger partial charge in [0.2, 0.25) is 5.82 Å². The summed E-state index contributed by atoms with van der Waals surface area (Å²) in [6.07, 6.45) is 2.64. The van der Waals surface area contributed by atoms with Gasteiger partial charge in [-0.2, -0.15) is 4.98 Å². The Labute approximate surface area is 177 Å². The molecular formula is C21H21N3O7. The van der Waals surface area contributed by atoms with Gasteiger partial charge >= 0.3 is 5.97 Å². The fourth-order valence-corrected chi connectivity index (χ4v) is 3.43. The number of nitrogens with zero attached hydrogens (tertiary/aromatic N) is 3. The summed E-state index contributed by atoms with van der Waals surface area (Å²) in [5.41, 5.74) is 0.607. The van der Waals surface area contributed by atoms with Crippen LogP contribution in [-0.4, -0.2) is 53.7 Å². The van der Waals surface area contributed by atoms with Gasteiger partial charge in [0, 0.05) is 12.6 Å². The molecule has 1 atom stereocenters. The second-order valence-electron chi connectivity index (χ2n) is 6.82. The summed E-state index contributed by atoms with van der Waals surface area (Å²) in [5.74, 6) is 0.888. The molecule has 162 valence electrons. The number of benzene rings is 1. The standard InChI is InChI=1S/C21H21N3O7/c1-27-13-7-8-14(17(11-13)28-2)19-22-18(31-23-19)12-30-21(26)15-5-3-9-24(15)20(25)16-6-4-10-29-16/h4,6-8,10-11,15H,3,5,9,12H2,1-2H3/t15-/m0/s1. The van der Waals surface area contributed by atoms with E-state index in [0.29, 0.717) is 42.3 Å². The molecule has 0 spiro atoms. The van der Waals surface area contributed by atoms with E-state index in [-0.39, 0.29) is 24.2 Å². The SMILES string of the molecule is COc1ccc(-c2noc(COC(=O)[C@@H]3CCCN3C(=O)c3ccco3)n2)c(OC)c1. The molecule has 0 unspecified atom stereocenters. The highest BCUT2D eigenvalue weighted by Crippen LogP contribution is 2.31. The number of hydrogen-bond acceptors (Lipinski definition) is 9. The zero-order valence-electron chi connectivity index (χ0n) is 17.1. The van der Waals surface area contributed by atoms with Crippen LogP contribution in [0.2, 0.25) is 0 Å². The predicted molar refractivity (Wildman–Crippen MR) is 105 cm³/mol. The molecule has 1 saturated heterocycles. The van der Waals surface area contributed by atoms with Crippen LogP contribution in [0.25, 0.3) is 11.4 Å². The molecule has 31 heavy (non-hydrogen) atoms. The molecule has 1 aliphatic heterocycles. The van der Waals surface area contributed by atoms with Crippen molar-refractivity contribution in [1.82, 2.24) is 15.0 Å². The summed E-state index contributed by atoms with van der Waals surface area (Å²) in [6.45, 7) is 0.255. The van der Waals surface area contributed by atoms with Gasteiger partial charge in [0.15, 0.2) is 12.4 Å². The van der Waals surface area contributed by atoms with Gasteiger partial charge in [0.05, 0.1) is 26.0 Å². The maximum absolute atomic E-state index is 12.6. The van der Waals surface area contributed by atoms with Gasteiger partial charge in [-0.1, -0.05) is 5.16 Å². The van der Waals surface area contributed by atoms with E-state index in [0.717, 1.165) is 0 Å². The highest BCUT2D eigenvalue weighted by molar-refractivity contribution is 5.94. The third kappa shape index (κ3) is 4.23. The first-order valence-corrected chi connectivity index (χ1v) is 9.67. The van der Waals surface area contributed by atoms with Gasteiger partial charge in [-0.15, -0.1) is 0 Å². The van der Waals surface area contributed by atoms with Gasteiger partial charge in [-0.25, -0.2) is 4.79 Å². The number of ether oxygens (including phenoxy) is 3. The van der Waals surface area contributed by atoms with Crippen molar-refractivity contribution in [3.63, 3.8) is 0 Å². The topological polar surface area (TPSA) is 117 Å². The fraction of sp³-hybridized carbons (Fsp3) is 0.333. The van der Waals surface area contributed by atoms with Crippen molar-refractivity contribution >= 4 is 11.9 Å². The second kappa shape index (κ2) is 8.90. The van der Waals surface area contributed by atoms with Crippen LogP contribution in [-0.2, 0) is 16.1 Å². The Morgan fingerprint density at radius 2 is 2.10 bits per heavy atom. The monoisotopic (exact) mass is 427 g/mol. The number of rotatable bonds is 7. The largest absolute Gasteiger partial charge is 0.497 e. The third-order valence-electron chi connectivity index (χ3n) is 4.97. The maximum atomic E-state index is 12.6. The summed E-state index contributed by atoms with van der Waals surface area (Å²) in [6, 6.07) is 7.71. The Kier molecular flexibility index (Phi) is 5.87. The predicted octanol–water partition coefficient (Wildman–Crippen LogP) is 2.69. The van der Waals surface area contributed by atoms with E-state index in [1.54, 1.807) is 37.4 Å². The lowest BCUT2D eigenvalue weighted by molar-refractivity contribution is -0.150. The van der Waals surface area contributed by atoms with Crippen LogP contribution in [0.1, 0.15) is 29.3 Å². The molecule has 0 N–H and O–H groups in total. The van der Waals surface area contributed by atoms with E-state index in [9.17, 15) is 9.59 Å². The number of carbonyl (C=O) groups is 2. The van der Waals surface area contributed by atoms with Gasteiger partial charge in [-0.05, 0) is 37.1 Å². The Morgan fingerprint density at radius 1 is 1.23 bits per heavy atom. The minimum absolute atomic E-state index is 0.128. The van der Waals surface area contributed by atoms with Gasteiger partial charge < -0.3 is 28.1 Å². The van der Waals surface area contributed by atoms with E-state index >= 15 is 0 Å². The lowest BCUT2D eigenvalue weighted by atomic mass is 10.2. The first-order chi connectivity index (χ1) is 15.1. The molecule has 1 fully saturated rings. The van der Waals surface area contributed by atoms with Gasteiger partial charge in [-0.3, -0.25) is 4.79 Å². The van der Waals surface area contributed by atoms with Crippen molar-refractivity contribution in [2.75, 3.05) is 20.8 Å². The van der Waals surface area contributed by atoms with E-state index in [1.165, 1.54) is 18.3 Å². The molecular weight excluding hydrogens is 406 g/mol. The summed E-state index contributed by atoms with van der Waals surface area (Å²) in [4.78, 5) is 30.8. The van der Waals surface area contributed by atoms with Crippen molar-refractivity contribution in [2.24, 2.45) is 0 Å². The Balaban J connectivity index is 1.40. The van der Waals surface area contributed by atoms with Gasteiger partial charge in [0.25, 0.3) is 11.8 Å². The number of likely N-dealkylation sites (tertiary alicyclic amines) is 1. The molecule has 4 rings (SSSR count). The molecule has 3 heterocycles. The van der Waals surface area contributed by atoms with Crippen LogP contribution in [0.3, 0.4) is 0 Å². The molecule has 0 aliphatic carbocycles. The molecule has 10 heteroatoms. The molecule has 10 nitrogen and oxygen atoms in total. The lowest BCUT2D eigenvalue weighted by Crippen LogP contribution is -2.41. The molecule has 0 bridgehead atoms. The zero-order chi connectivity index (χ0) is 21.8. The average Bonchev–Trinajstić information content (AvgIpc) is 3.57. The zero-order valence-corrected chi connectivity index (χ0v) is 17.1.